The number of carbonyl (C=O) groups is 3. The van der Waals surface area contributed by atoms with Crippen molar-refractivity contribution in [3.05, 3.63) is 64.9 Å². The van der Waals surface area contributed by atoms with E-state index in [0.29, 0.717) is 41.3 Å². The molecule has 2 heterocycles. The van der Waals surface area contributed by atoms with Gasteiger partial charge in [-0.15, -0.1) is 0 Å². The summed E-state index contributed by atoms with van der Waals surface area (Å²) in [6, 6.07) is 12.7. The van der Waals surface area contributed by atoms with Crippen LogP contribution in [0.4, 0.5) is 11.4 Å². The van der Waals surface area contributed by atoms with Crippen molar-refractivity contribution in [3.8, 4) is 0 Å². The third-order valence-electron chi connectivity index (χ3n) is 5.75. The van der Waals surface area contributed by atoms with E-state index in [9.17, 15) is 14.4 Å². The molecular formula is C26H29N3O4. The van der Waals surface area contributed by atoms with Crippen molar-refractivity contribution in [3.63, 3.8) is 0 Å². The maximum Gasteiger partial charge on any atom is 0.282 e. The Morgan fingerprint density at radius 3 is 2.06 bits per heavy atom. The number of ether oxygens (including phenoxy) is 1. The lowest BCUT2D eigenvalue weighted by molar-refractivity contribution is -0.121. The second-order valence-electron chi connectivity index (χ2n) is 8.94. The molecule has 0 radical (unpaired) electrons. The fraction of sp³-hybridized carbons (Fsp3) is 0.346. The SMILES string of the molecule is CC(=O)Nc1ccc(C2=C(N3CC(C)OC(C)C3)C(=O)N(c3cc(C)cc(C)c3)C2=O)cc1. The van der Waals surface area contributed by atoms with Crippen molar-refractivity contribution in [1.29, 1.82) is 0 Å². The van der Waals surface area contributed by atoms with Crippen LogP contribution in [0.25, 0.3) is 5.57 Å². The monoisotopic (exact) mass is 447 g/mol. The predicted molar refractivity (Wildman–Crippen MR) is 128 cm³/mol. The van der Waals surface area contributed by atoms with Gasteiger partial charge in [-0.3, -0.25) is 14.4 Å². The van der Waals surface area contributed by atoms with Crippen LogP contribution in [0.2, 0.25) is 0 Å². The minimum atomic E-state index is -0.348. The first-order chi connectivity index (χ1) is 15.6. The Bertz CT molecular complexity index is 1120. The van der Waals surface area contributed by atoms with Crippen LogP contribution in [0.5, 0.6) is 0 Å². The number of carbonyl (C=O) groups excluding carboxylic acids is 3. The zero-order valence-electron chi connectivity index (χ0n) is 19.6. The van der Waals surface area contributed by atoms with Gasteiger partial charge in [-0.1, -0.05) is 18.2 Å². The van der Waals surface area contributed by atoms with E-state index in [-0.39, 0.29) is 29.9 Å². The minimum absolute atomic E-state index is 0.0668. The molecule has 1 fully saturated rings. The number of rotatable bonds is 4. The molecule has 2 aromatic rings. The maximum absolute atomic E-state index is 13.8. The molecule has 7 nitrogen and oxygen atoms in total. The molecule has 172 valence electrons. The number of nitrogens with zero attached hydrogens (tertiary/aromatic N) is 2. The van der Waals surface area contributed by atoms with Crippen molar-refractivity contribution in [2.24, 2.45) is 0 Å². The van der Waals surface area contributed by atoms with E-state index in [0.717, 1.165) is 11.1 Å². The summed E-state index contributed by atoms with van der Waals surface area (Å²) in [4.78, 5) is 42.1. The van der Waals surface area contributed by atoms with Gasteiger partial charge in [-0.2, -0.15) is 0 Å². The average Bonchev–Trinajstić information content (AvgIpc) is 2.97. The number of hydrogen-bond donors (Lipinski definition) is 1. The van der Waals surface area contributed by atoms with Gasteiger partial charge in [-0.25, -0.2) is 4.90 Å². The van der Waals surface area contributed by atoms with Crippen molar-refractivity contribution in [2.75, 3.05) is 23.3 Å². The zero-order valence-corrected chi connectivity index (χ0v) is 19.6. The summed E-state index contributed by atoms with van der Waals surface area (Å²) in [7, 11) is 0. The van der Waals surface area contributed by atoms with Crippen LogP contribution in [-0.2, 0) is 19.1 Å². The molecular weight excluding hydrogens is 418 g/mol. The highest BCUT2D eigenvalue weighted by Crippen LogP contribution is 2.36. The molecule has 0 saturated carbocycles. The van der Waals surface area contributed by atoms with Crippen LogP contribution in [-0.4, -0.2) is 47.9 Å². The van der Waals surface area contributed by atoms with E-state index in [2.05, 4.69) is 5.32 Å². The highest BCUT2D eigenvalue weighted by atomic mass is 16.5. The first kappa shape index (κ1) is 22.7. The topological polar surface area (TPSA) is 79.0 Å². The molecule has 33 heavy (non-hydrogen) atoms. The molecule has 2 aliphatic heterocycles. The molecule has 0 aliphatic carbocycles. The van der Waals surface area contributed by atoms with Gasteiger partial charge in [0.2, 0.25) is 5.91 Å². The summed E-state index contributed by atoms with van der Waals surface area (Å²) < 4.78 is 5.86. The third kappa shape index (κ3) is 4.54. The fourth-order valence-electron chi connectivity index (χ4n) is 4.67. The van der Waals surface area contributed by atoms with Crippen molar-refractivity contribution in [2.45, 2.75) is 46.8 Å². The highest BCUT2D eigenvalue weighted by Gasteiger charge is 2.44. The summed E-state index contributed by atoms with van der Waals surface area (Å²) in [6.07, 6.45) is -0.134. The molecule has 2 atom stereocenters. The lowest BCUT2D eigenvalue weighted by atomic mass is 10.0. The van der Waals surface area contributed by atoms with E-state index < -0.39 is 0 Å². The lowest BCUT2D eigenvalue weighted by Crippen LogP contribution is -2.47. The predicted octanol–water partition coefficient (Wildman–Crippen LogP) is 3.66. The number of morpholine rings is 1. The highest BCUT2D eigenvalue weighted by molar-refractivity contribution is 6.45. The molecule has 3 amide bonds. The lowest BCUT2D eigenvalue weighted by Gasteiger charge is -2.37. The molecule has 4 rings (SSSR count). The maximum atomic E-state index is 13.8. The summed E-state index contributed by atoms with van der Waals surface area (Å²) >= 11 is 0. The van der Waals surface area contributed by atoms with Crippen LogP contribution in [0.15, 0.2) is 48.2 Å². The van der Waals surface area contributed by atoms with Crippen molar-refractivity contribution in [1.82, 2.24) is 4.90 Å². The van der Waals surface area contributed by atoms with Gasteiger partial charge >= 0.3 is 0 Å². The second-order valence-corrected chi connectivity index (χ2v) is 8.94. The van der Waals surface area contributed by atoms with E-state index in [1.165, 1.54) is 11.8 Å². The molecule has 2 aromatic carbocycles. The Hall–Kier alpha value is -3.45. The van der Waals surface area contributed by atoms with Crippen LogP contribution in [0.1, 0.15) is 37.5 Å². The van der Waals surface area contributed by atoms with Crippen molar-refractivity contribution >= 4 is 34.7 Å². The normalized spacial score (nSPS) is 21.1. The van der Waals surface area contributed by atoms with Crippen LogP contribution in [0, 0.1) is 13.8 Å². The Balaban J connectivity index is 1.81. The Morgan fingerprint density at radius 2 is 1.52 bits per heavy atom. The number of amides is 3. The Morgan fingerprint density at radius 1 is 0.939 bits per heavy atom. The van der Waals surface area contributed by atoms with E-state index in [1.807, 2.05) is 50.8 Å². The minimum Gasteiger partial charge on any atom is -0.372 e. The van der Waals surface area contributed by atoms with Gasteiger partial charge in [0.05, 0.1) is 23.5 Å². The summed E-state index contributed by atoms with van der Waals surface area (Å²) in [5.74, 6) is -0.849. The molecule has 2 aliphatic rings. The van der Waals surface area contributed by atoms with Gasteiger partial charge in [0, 0.05) is 25.7 Å². The van der Waals surface area contributed by atoms with E-state index in [4.69, 9.17) is 4.74 Å². The van der Waals surface area contributed by atoms with E-state index >= 15 is 0 Å². The first-order valence-corrected chi connectivity index (χ1v) is 11.1. The number of imide groups is 1. The molecule has 1 saturated heterocycles. The molecule has 0 spiro atoms. The Kier molecular flexibility index (Phi) is 6.08. The molecule has 2 unspecified atom stereocenters. The van der Waals surface area contributed by atoms with Gasteiger partial charge in [-0.05, 0) is 68.7 Å². The van der Waals surface area contributed by atoms with Crippen molar-refractivity contribution < 1.29 is 19.1 Å². The van der Waals surface area contributed by atoms with Gasteiger partial charge in [0.1, 0.15) is 5.70 Å². The number of anilines is 2. The quantitative estimate of drug-likeness (QED) is 0.724. The van der Waals surface area contributed by atoms with Gasteiger partial charge in [0.25, 0.3) is 11.8 Å². The summed E-state index contributed by atoms with van der Waals surface area (Å²) in [5, 5.41) is 2.73. The average molecular weight is 448 g/mol. The van der Waals surface area contributed by atoms with Crippen LogP contribution < -0.4 is 10.2 Å². The van der Waals surface area contributed by atoms with Crippen LogP contribution >= 0.6 is 0 Å². The van der Waals surface area contributed by atoms with Gasteiger partial charge in [0.15, 0.2) is 0 Å². The second kappa shape index (κ2) is 8.83. The molecule has 1 N–H and O–H groups in total. The zero-order chi connectivity index (χ0) is 23.9. The Labute approximate surface area is 194 Å². The summed E-state index contributed by atoms with van der Waals surface area (Å²) in [5.41, 5.74) is 4.56. The summed E-state index contributed by atoms with van der Waals surface area (Å²) in [6.45, 7) is 10.3. The van der Waals surface area contributed by atoms with Crippen LogP contribution in [0.3, 0.4) is 0 Å². The molecule has 7 heteroatoms. The standard InChI is InChI=1S/C26H29N3O4/c1-15-10-16(2)12-22(11-15)29-25(31)23(20-6-8-21(9-7-20)27-19(5)30)24(26(29)32)28-13-17(3)33-18(4)14-28/h6-12,17-18H,13-14H2,1-5H3,(H,27,30). The number of nitrogens with one attached hydrogen (secondary N) is 1. The number of benzene rings is 2. The largest absolute Gasteiger partial charge is 0.372 e. The number of aryl methyl sites for hydroxylation is 2. The third-order valence-corrected chi connectivity index (χ3v) is 5.75. The first-order valence-electron chi connectivity index (χ1n) is 11.1. The molecule has 0 aromatic heterocycles. The van der Waals surface area contributed by atoms with E-state index in [1.54, 1.807) is 24.3 Å². The van der Waals surface area contributed by atoms with Gasteiger partial charge < -0.3 is 15.0 Å². The molecule has 0 bridgehead atoms. The smallest absolute Gasteiger partial charge is 0.282 e. The number of hydrogen-bond acceptors (Lipinski definition) is 5. The fourth-order valence-corrected chi connectivity index (χ4v) is 4.67.